The lowest BCUT2D eigenvalue weighted by Gasteiger charge is -2.40. The molecule has 458 valence electrons. The molecule has 7 unspecified atom stereocenters. The molecule has 19 nitrogen and oxygen atoms in total. The topological polar surface area (TPSA) is 261 Å². The van der Waals surface area contributed by atoms with E-state index in [1.807, 2.05) is 43.6 Å². The van der Waals surface area contributed by atoms with E-state index in [2.05, 4.69) is 83.4 Å². The average Bonchev–Trinajstić information content (AvgIpc) is 4.14. The molecule has 0 aromatic carbocycles. The molecular weight excluding hydrogens is 1030 g/mol. The lowest BCUT2D eigenvalue weighted by Crippen LogP contribution is -2.53. The summed E-state index contributed by atoms with van der Waals surface area (Å²) in [7, 11) is 7.00. The minimum absolute atomic E-state index is 0.0140. The number of rotatable bonds is 38. The second-order valence-corrected chi connectivity index (χ2v) is 20.9. The summed E-state index contributed by atoms with van der Waals surface area (Å²) in [6.45, 7) is 28.4. The maximum Gasteiger partial charge on any atom is 0.225 e. The van der Waals surface area contributed by atoms with E-state index in [-0.39, 0.29) is 91.3 Å². The maximum atomic E-state index is 14.1. The summed E-state index contributed by atoms with van der Waals surface area (Å²) in [5, 5.41) is 6.01. The Morgan fingerprint density at radius 2 is 1.39 bits per heavy atom. The number of nitrogens with one attached hydrogen (secondary N) is 1. The van der Waals surface area contributed by atoms with Crippen molar-refractivity contribution in [3.05, 3.63) is 53.5 Å². The second-order valence-electron chi connectivity index (χ2n) is 19.9. The van der Waals surface area contributed by atoms with E-state index in [1.54, 1.807) is 47.5 Å². The van der Waals surface area contributed by atoms with Crippen molar-refractivity contribution in [1.29, 1.82) is 0 Å². The molecule has 1 aromatic rings. The van der Waals surface area contributed by atoms with E-state index in [4.69, 9.17) is 39.0 Å². The molecule has 20 heteroatoms. The molecule has 0 saturated carbocycles. The molecule has 7 atom stereocenters. The van der Waals surface area contributed by atoms with E-state index in [9.17, 15) is 19.2 Å². The zero-order valence-electron chi connectivity index (χ0n) is 51.0. The number of unbranched alkanes of at least 4 members (excludes halogenated alkanes) is 5. The number of likely N-dealkylation sites (N-methyl/N-ethyl adjacent to an activating group) is 1. The molecule has 1 aliphatic heterocycles. The number of primary amides is 2. The van der Waals surface area contributed by atoms with Gasteiger partial charge in [-0.25, -0.2) is 4.98 Å². The highest BCUT2D eigenvalue weighted by molar-refractivity contribution is 7.09. The third kappa shape index (κ3) is 37.9. The number of thiazole rings is 1. The minimum atomic E-state index is -0.493. The molecule has 1 aliphatic rings. The Balaban J connectivity index is -0.00000316. The number of allylic oxidation sites excluding steroid dienone is 4. The van der Waals surface area contributed by atoms with Crippen LogP contribution >= 0.6 is 11.3 Å². The lowest BCUT2D eigenvalue weighted by atomic mass is 9.89. The highest BCUT2D eigenvalue weighted by atomic mass is 32.1. The summed E-state index contributed by atoms with van der Waals surface area (Å²) in [5.41, 5.74) is 14.8. The van der Waals surface area contributed by atoms with Crippen molar-refractivity contribution in [2.75, 3.05) is 87.6 Å². The number of methoxy groups -OCH3 is 2. The van der Waals surface area contributed by atoms with Crippen molar-refractivity contribution < 1.29 is 52.5 Å². The van der Waals surface area contributed by atoms with Crippen molar-refractivity contribution in [2.24, 2.45) is 35.0 Å². The van der Waals surface area contributed by atoms with Gasteiger partial charge in [0.2, 0.25) is 36.4 Å². The fraction of sp³-hybridized carbons (Fsp3) is 0.746. The van der Waals surface area contributed by atoms with E-state index in [1.165, 1.54) is 6.42 Å². The number of nitrogens with zero attached hydrogens (tertiary/aromatic N) is 4. The average molecular weight is 1140 g/mol. The fourth-order valence-corrected chi connectivity index (χ4v) is 9.73. The predicted octanol–water partition coefficient (Wildman–Crippen LogP) is 7.65. The predicted molar refractivity (Wildman–Crippen MR) is 320 cm³/mol. The molecule has 7 N–H and O–H groups in total. The van der Waals surface area contributed by atoms with Crippen molar-refractivity contribution in [1.82, 2.24) is 25.0 Å². The molecule has 1 saturated heterocycles. The number of likely N-dealkylation sites (tertiary alicyclic amines) is 1. The number of hydrogen-bond acceptors (Lipinski definition) is 14. The first-order chi connectivity index (χ1) is 37.9. The normalized spacial score (nSPS) is 15.0. The molecule has 0 spiro atoms. The maximum absolute atomic E-state index is 14.1. The van der Waals surface area contributed by atoms with E-state index in [0.717, 1.165) is 74.8 Å². The number of hydrogen-bond donors (Lipinski definition) is 4. The van der Waals surface area contributed by atoms with Gasteiger partial charge in [0, 0.05) is 91.3 Å². The quantitative estimate of drug-likeness (QED) is 0.0282. The van der Waals surface area contributed by atoms with Gasteiger partial charge in [0.25, 0.3) is 0 Å². The first-order valence-electron chi connectivity index (χ1n) is 28.5. The van der Waals surface area contributed by atoms with Crippen LogP contribution in [0.2, 0.25) is 0 Å². The zero-order chi connectivity index (χ0) is 60.4. The molecule has 0 bridgehead atoms. The van der Waals surface area contributed by atoms with E-state index >= 15 is 0 Å². The van der Waals surface area contributed by atoms with Crippen LogP contribution in [0.1, 0.15) is 150 Å². The van der Waals surface area contributed by atoms with Crippen LogP contribution in [0.25, 0.3) is 0 Å². The van der Waals surface area contributed by atoms with E-state index < -0.39 is 6.10 Å². The second kappa shape index (κ2) is 52.8. The summed E-state index contributed by atoms with van der Waals surface area (Å²) in [5.74, 6) is 0.327. The molecule has 79 heavy (non-hydrogen) atoms. The van der Waals surface area contributed by atoms with Crippen molar-refractivity contribution in [3.8, 4) is 0 Å². The third-order valence-corrected chi connectivity index (χ3v) is 14.1. The number of carbonyl (C=O) groups is 6. The van der Waals surface area contributed by atoms with Gasteiger partial charge in [0.15, 0.2) is 0 Å². The van der Waals surface area contributed by atoms with Gasteiger partial charge in [-0.05, 0) is 50.4 Å². The highest BCUT2D eigenvalue weighted by Crippen LogP contribution is 2.31. The Hall–Kier alpha value is -4.57. The van der Waals surface area contributed by atoms with Gasteiger partial charge in [-0.1, -0.05) is 124 Å². The van der Waals surface area contributed by atoms with Gasteiger partial charge in [-0.3, -0.25) is 28.8 Å². The largest absolute Gasteiger partial charge is 0.379 e. The van der Waals surface area contributed by atoms with Crippen LogP contribution in [0.15, 0.2) is 48.5 Å². The van der Waals surface area contributed by atoms with E-state index in [0.29, 0.717) is 72.1 Å². The van der Waals surface area contributed by atoms with Gasteiger partial charge < -0.3 is 60.9 Å². The Morgan fingerprint density at radius 1 is 0.823 bits per heavy atom. The van der Waals surface area contributed by atoms with Crippen molar-refractivity contribution in [3.63, 3.8) is 0 Å². The number of carbonyl (C=O) groups excluding carboxylic acids is 6. The van der Waals surface area contributed by atoms with Crippen LogP contribution in [-0.4, -0.2) is 174 Å². The standard InChI is InChI=1S/C47H86N6O9S.C7H10.C3H8.2CH3NO/c1-10-36(4)46(40(58-8)34-45(57)53-24-17-18-38(53)47(59-9)37(5)32-42-50-23-31-63-42)52(7)44(56)33-39(35(2)3)51(6)43(55)19-15-13-11-12-14-16-22-49-41(54)20-25-60-27-29-62-30-28-61-26-21-48;1-4-6-7(3)5-2;1-3-2;2*2-1-3/h23,31,35-40,46-47H,10-22,24-30,32-34,48H2,1-9H3,(H,49,54);4-6H,1-2H2,3H3;3H2,1-2H3;2*1H,(H2,2,3)/b;7-6-;;;. The molecule has 0 aliphatic carbocycles. The van der Waals surface area contributed by atoms with Crippen molar-refractivity contribution in [2.45, 2.75) is 182 Å². The molecule has 1 fully saturated rings. The molecule has 2 rings (SSSR count). The summed E-state index contributed by atoms with van der Waals surface area (Å²) < 4.78 is 28.2. The monoisotopic (exact) mass is 1140 g/mol. The van der Waals surface area contributed by atoms with Crippen LogP contribution in [0.3, 0.4) is 0 Å². The van der Waals surface area contributed by atoms with Crippen LogP contribution in [0.5, 0.6) is 0 Å². The first kappa shape index (κ1) is 78.7. The number of ether oxygens (including phenoxy) is 5. The van der Waals surface area contributed by atoms with Gasteiger partial charge in [-0.2, -0.15) is 0 Å². The van der Waals surface area contributed by atoms with Crippen LogP contribution < -0.4 is 22.5 Å². The molecule has 1 aromatic heterocycles. The van der Waals surface area contributed by atoms with Gasteiger partial charge in [0.1, 0.15) is 0 Å². The smallest absolute Gasteiger partial charge is 0.225 e. The fourth-order valence-electron chi connectivity index (χ4n) is 8.97. The van der Waals surface area contributed by atoms with Gasteiger partial charge >= 0.3 is 0 Å². The molecule has 0 radical (unpaired) electrons. The first-order valence-corrected chi connectivity index (χ1v) is 29.4. The zero-order valence-corrected chi connectivity index (χ0v) is 51.8. The molecule has 6 amide bonds. The van der Waals surface area contributed by atoms with Gasteiger partial charge in [0.05, 0.1) is 75.4 Å². The Kier molecular flexibility index (Phi) is 52.6. The number of aromatic nitrogens is 1. The van der Waals surface area contributed by atoms with Crippen molar-refractivity contribution >= 4 is 47.8 Å². The Labute approximate surface area is 481 Å². The Morgan fingerprint density at radius 3 is 1.89 bits per heavy atom. The third-order valence-electron chi connectivity index (χ3n) is 13.3. The minimum Gasteiger partial charge on any atom is -0.379 e. The summed E-state index contributed by atoms with van der Waals surface area (Å²) in [4.78, 5) is 81.0. The van der Waals surface area contributed by atoms with Crippen LogP contribution in [-0.2, 0) is 58.9 Å². The number of amides is 6. The SMILES string of the molecule is C=C/C=C(/C)C=C.CCC.CCC(C)C(C(CC(=O)N1CCCC1C(OC)C(C)Cc1nccs1)OC)N(C)C(=O)CC(C(C)C)N(C)C(=O)CCCCCCCCNC(=O)CCOCCOCCOCCN.NC=O.NC=O. The summed E-state index contributed by atoms with van der Waals surface area (Å²) in [6, 6.07) is -0.614. The van der Waals surface area contributed by atoms with Gasteiger partial charge in [-0.15, -0.1) is 11.3 Å². The van der Waals surface area contributed by atoms with Crippen LogP contribution in [0.4, 0.5) is 0 Å². The molecular formula is C59H110N8O11S. The lowest BCUT2D eigenvalue weighted by molar-refractivity contribution is -0.146. The summed E-state index contributed by atoms with van der Waals surface area (Å²) >= 11 is 1.64. The highest BCUT2D eigenvalue weighted by Gasteiger charge is 2.41. The summed E-state index contributed by atoms with van der Waals surface area (Å²) in [6.07, 6.45) is 18.7. The van der Waals surface area contributed by atoms with Crippen LogP contribution in [0, 0.1) is 17.8 Å². The Bertz CT molecular complexity index is 1740. The molecule has 2 heterocycles. The number of nitrogens with two attached hydrogens (primary N) is 3.